The molecule has 0 aliphatic heterocycles. The molecule has 6 nitrogen and oxygen atoms in total. The van der Waals surface area contributed by atoms with E-state index >= 15 is 0 Å². The van der Waals surface area contributed by atoms with Crippen molar-refractivity contribution in [2.75, 3.05) is 6.54 Å². The quantitative estimate of drug-likeness (QED) is 0.119. The van der Waals surface area contributed by atoms with Gasteiger partial charge in [0.25, 0.3) is 0 Å². The average molecular weight is 443 g/mol. The highest BCUT2D eigenvalue weighted by atomic mass is 16.6. The second-order valence-electron chi connectivity index (χ2n) is 8.84. The number of amides is 1. The Morgan fingerprint density at radius 3 is 1.71 bits per heavy atom. The molecule has 4 N–H and O–H groups in total. The minimum absolute atomic E-state index is 0.0734. The van der Waals surface area contributed by atoms with Gasteiger partial charge in [-0.1, -0.05) is 96.8 Å². The lowest BCUT2D eigenvalue weighted by molar-refractivity contribution is -0.158. The molecule has 0 rings (SSSR count). The normalized spacial score (nSPS) is 13.0. The topological polar surface area (TPSA) is 102 Å². The highest BCUT2D eigenvalue weighted by Crippen LogP contribution is 2.13. The summed E-state index contributed by atoms with van der Waals surface area (Å²) in [5.41, 5.74) is 5.66. The van der Waals surface area contributed by atoms with Crippen LogP contribution >= 0.6 is 0 Å². The molecule has 0 fully saturated rings. The van der Waals surface area contributed by atoms with E-state index in [1.807, 2.05) is 0 Å². The van der Waals surface area contributed by atoms with Crippen LogP contribution in [-0.2, 0) is 14.3 Å². The van der Waals surface area contributed by atoms with Gasteiger partial charge in [0.05, 0.1) is 0 Å². The molecule has 31 heavy (non-hydrogen) atoms. The number of esters is 1. The number of ether oxygens (including phenoxy) is 1. The van der Waals surface area contributed by atoms with E-state index in [2.05, 4.69) is 12.2 Å². The maximum Gasteiger partial charge on any atom is 0.336 e. The summed E-state index contributed by atoms with van der Waals surface area (Å²) < 4.78 is 4.86. The van der Waals surface area contributed by atoms with Crippen molar-refractivity contribution in [3.63, 3.8) is 0 Å². The van der Waals surface area contributed by atoms with Crippen LogP contribution in [0.5, 0.6) is 0 Å². The Morgan fingerprint density at radius 1 is 0.806 bits per heavy atom. The molecule has 2 unspecified atom stereocenters. The smallest absolute Gasteiger partial charge is 0.336 e. The van der Waals surface area contributed by atoms with Crippen molar-refractivity contribution in [3.8, 4) is 0 Å². The van der Waals surface area contributed by atoms with E-state index in [0.717, 1.165) is 12.8 Å². The zero-order chi connectivity index (χ0) is 23.2. The Morgan fingerprint density at radius 2 is 1.26 bits per heavy atom. The molecule has 0 aromatic heterocycles. The Hall–Kier alpha value is -1.14. The summed E-state index contributed by atoms with van der Waals surface area (Å²) >= 11 is 0. The van der Waals surface area contributed by atoms with Gasteiger partial charge in [0, 0.05) is 13.0 Å². The lowest BCUT2D eigenvalue weighted by Gasteiger charge is -2.14. The summed E-state index contributed by atoms with van der Waals surface area (Å²) in [6.07, 6.45) is 19.5. The molecular weight excluding hydrogens is 392 g/mol. The molecule has 0 heterocycles. The van der Waals surface area contributed by atoms with Gasteiger partial charge in [-0.05, 0) is 26.2 Å². The minimum Gasteiger partial charge on any atom is -0.445 e. The SMILES string of the molecule is CCCCCCCCCCCCCCCCCC(=O)NCCCC(N)OC(=O)C(C)O. The van der Waals surface area contributed by atoms with E-state index in [1.165, 1.54) is 90.4 Å². The first-order valence-corrected chi connectivity index (χ1v) is 12.9. The molecule has 184 valence electrons. The standard InChI is InChI=1S/C25H50N2O4/c1-3-4-5-6-7-8-9-10-11-12-13-14-15-16-17-20-24(29)27-21-18-19-23(26)31-25(30)22(2)28/h22-23,28H,3-21,26H2,1-2H3,(H,27,29). The highest BCUT2D eigenvalue weighted by molar-refractivity contribution is 5.75. The third kappa shape index (κ3) is 21.9. The Balaban J connectivity index is 3.30. The van der Waals surface area contributed by atoms with E-state index in [4.69, 9.17) is 15.6 Å². The van der Waals surface area contributed by atoms with Crippen LogP contribution in [-0.4, -0.2) is 35.9 Å². The number of hydrogen-bond acceptors (Lipinski definition) is 5. The number of aliphatic hydroxyl groups is 1. The van der Waals surface area contributed by atoms with Crippen molar-refractivity contribution in [1.82, 2.24) is 5.32 Å². The zero-order valence-corrected chi connectivity index (χ0v) is 20.3. The molecule has 0 bridgehead atoms. The molecule has 1 amide bonds. The fourth-order valence-corrected chi connectivity index (χ4v) is 3.58. The lowest BCUT2D eigenvalue weighted by atomic mass is 10.0. The van der Waals surface area contributed by atoms with Crippen LogP contribution in [0.4, 0.5) is 0 Å². The lowest BCUT2D eigenvalue weighted by Crippen LogP contribution is -2.33. The number of nitrogens with two attached hydrogens (primary N) is 1. The van der Waals surface area contributed by atoms with Crippen LogP contribution in [0.1, 0.15) is 129 Å². The van der Waals surface area contributed by atoms with Gasteiger partial charge in [0.15, 0.2) is 6.23 Å². The second kappa shape index (κ2) is 22.1. The summed E-state index contributed by atoms with van der Waals surface area (Å²) in [4.78, 5) is 23.0. The van der Waals surface area contributed by atoms with Crippen LogP contribution in [0.25, 0.3) is 0 Å². The summed E-state index contributed by atoms with van der Waals surface area (Å²) in [6, 6.07) is 0. The van der Waals surface area contributed by atoms with Crippen LogP contribution in [0.2, 0.25) is 0 Å². The predicted molar refractivity (Wildman–Crippen MR) is 128 cm³/mol. The second-order valence-corrected chi connectivity index (χ2v) is 8.84. The van der Waals surface area contributed by atoms with Crippen molar-refractivity contribution >= 4 is 11.9 Å². The molecule has 0 aromatic carbocycles. The molecule has 0 saturated carbocycles. The Bertz CT molecular complexity index is 430. The minimum atomic E-state index is -1.17. The van der Waals surface area contributed by atoms with Crippen LogP contribution in [0, 0.1) is 0 Å². The van der Waals surface area contributed by atoms with E-state index in [-0.39, 0.29) is 5.91 Å². The van der Waals surface area contributed by atoms with E-state index in [0.29, 0.717) is 25.8 Å². The summed E-state index contributed by atoms with van der Waals surface area (Å²) in [5, 5.41) is 11.9. The molecule has 0 spiro atoms. The Labute approximate surface area is 191 Å². The number of unbranched alkanes of at least 4 members (excludes halogenated alkanes) is 14. The van der Waals surface area contributed by atoms with Crippen LogP contribution < -0.4 is 11.1 Å². The monoisotopic (exact) mass is 442 g/mol. The number of carbonyl (C=O) groups excluding carboxylic acids is 2. The van der Waals surface area contributed by atoms with Crippen molar-refractivity contribution in [1.29, 1.82) is 0 Å². The molecule has 0 radical (unpaired) electrons. The first-order chi connectivity index (χ1) is 15.0. The number of hydrogen-bond donors (Lipinski definition) is 3. The van der Waals surface area contributed by atoms with Gasteiger partial charge < -0.3 is 15.2 Å². The summed E-state index contributed by atoms with van der Waals surface area (Å²) in [7, 11) is 0. The maximum atomic E-state index is 11.8. The fourth-order valence-electron chi connectivity index (χ4n) is 3.58. The highest BCUT2D eigenvalue weighted by Gasteiger charge is 2.14. The Kier molecular flexibility index (Phi) is 21.3. The van der Waals surface area contributed by atoms with Gasteiger partial charge >= 0.3 is 5.97 Å². The van der Waals surface area contributed by atoms with E-state index < -0.39 is 18.3 Å². The average Bonchev–Trinajstić information content (AvgIpc) is 2.73. The van der Waals surface area contributed by atoms with Gasteiger partial charge in [-0.3, -0.25) is 10.5 Å². The molecule has 0 aliphatic rings. The van der Waals surface area contributed by atoms with Gasteiger partial charge in [0.1, 0.15) is 6.10 Å². The number of rotatable bonds is 22. The fraction of sp³-hybridized carbons (Fsp3) is 0.920. The number of nitrogens with one attached hydrogen (secondary N) is 1. The summed E-state index contributed by atoms with van der Waals surface area (Å²) in [6.45, 7) is 4.13. The number of aliphatic hydroxyl groups excluding tert-OH is 1. The molecule has 0 saturated heterocycles. The van der Waals surface area contributed by atoms with E-state index in [1.54, 1.807) is 0 Å². The van der Waals surface area contributed by atoms with Gasteiger partial charge in [-0.2, -0.15) is 0 Å². The van der Waals surface area contributed by atoms with Crippen molar-refractivity contribution in [2.24, 2.45) is 5.73 Å². The number of carbonyl (C=O) groups is 2. The maximum absolute atomic E-state index is 11.8. The largest absolute Gasteiger partial charge is 0.445 e. The molecule has 0 aliphatic carbocycles. The van der Waals surface area contributed by atoms with Crippen molar-refractivity contribution in [2.45, 2.75) is 142 Å². The molecular formula is C25H50N2O4. The third-order valence-electron chi connectivity index (χ3n) is 5.60. The summed E-state index contributed by atoms with van der Waals surface area (Å²) in [5.74, 6) is -0.644. The first kappa shape index (κ1) is 29.9. The van der Waals surface area contributed by atoms with Crippen molar-refractivity contribution < 1.29 is 19.4 Å². The van der Waals surface area contributed by atoms with E-state index in [9.17, 15) is 9.59 Å². The third-order valence-corrected chi connectivity index (χ3v) is 5.60. The predicted octanol–water partition coefficient (Wildman–Crippen LogP) is 5.35. The van der Waals surface area contributed by atoms with Crippen LogP contribution in [0.15, 0.2) is 0 Å². The molecule has 0 aromatic rings. The first-order valence-electron chi connectivity index (χ1n) is 12.9. The van der Waals surface area contributed by atoms with Crippen LogP contribution in [0.3, 0.4) is 0 Å². The van der Waals surface area contributed by atoms with Gasteiger partial charge in [-0.25, -0.2) is 4.79 Å². The molecule has 6 heteroatoms. The van der Waals surface area contributed by atoms with Crippen molar-refractivity contribution in [3.05, 3.63) is 0 Å². The zero-order valence-electron chi connectivity index (χ0n) is 20.3. The van der Waals surface area contributed by atoms with Gasteiger partial charge in [-0.15, -0.1) is 0 Å². The van der Waals surface area contributed by atoms with Gasteiger partial charge in [0.2, 0.25) is 5.91 Å². The molecule has 2 atom stereocenters.